The number of amides is 2. The lowest BCUT2D eigenvalue weighted by Gasteiger charge is -2.15. The van der Waals surface area contributed by atoms with Crippen LogP contribution < -0.4 is 4.90 Å². The third kappa shape index (κ3) is 1.69. The van der Waals surface area contributed by atoms with Crippen LogP contribution >= 0.6 is 0 Å². The van der Waals surface area contributed by atoms with Gasteiger partial charge < -0.3 is 4.90 Å². The number of nitrogens with zero attached hydrogens (tertiary/aromatic N) is 3. The molecule has 1 heterocycles. The van der Waals surface area contributed by atoms with Gasteiger partial charge in [-0.05, 0) is 12.1 Å². The average Bonchev–Trinajstić information content (AvgIpc) is 2.60. The average molecular weight is 221 g/mol. The number of carbonyl (C=O) groups excluding carboxylic acids is 1. The van der Waals surface area contributed by atoms with Gasteiger partial charge in [-0.15, -0.1) is 0 Å². The maximum absolute atomic E-state index is 11.6. The molecule has 0 aromatic heterocycles. The number of anilines is 1. The van der Waals surface area contributed by atoms with E-state index in [0.717, 1.165) is 0 Å². The molecule has 16 heavy (non-hydrogen) atoms. The second-order valence-electron chi connectivity index (χ2n) is 3.63. The Morgan fingerprint density at radius 2 is 1.88 bits per heavy atom. The van der Waals surface area contributed by atoms with Crippen molar-refractivity contribution in [2.45, 2.75) is 0 Å². The van der Waals surface area contributed by atoms with E-state index in [9.17, 15) is 14.9 Å². The first-order chi connectivity index (χ1) is 7.59. The van der Waals surface area contributed by atoms with E-state index in [-0.39, 0.29) is 11.7 Å². The Hall–Kier alpha value is -2.11. The highest BCUT2D eigenvalue weighted by atomic mass is 16.6. The second kappa shape index (κ2) is 3.80. The number of nitro benzene ring substituents is 1. The highest BCUT2D eigenvalue weighted by Crippen LogP contribution is 2.22. The summed E-state index contributed by atoms with van der Waals surface area (Å²) in [6.45, 7) is 1.29. The summed E-state index contributed by atoms with van der Waals surface area (Å²) in [6.07, 6.45) is 0. The van der Waals surface area contributed by atoms with Crippen LogP contribution in [0.15, 0.2) is 24.3 Å². The fourth-order valence-electron chi connectivity index (χ4n) is 1.64. The molecule has 0 aliphatic carbocycles. The molecule has 0 bridgehead atoms. The van der Waals surface area contributed by atoms with Gasteiger partial charge in [0.15, 0.2) is 0 Å². The molecule has 6 nitrogen and oxygen atoms in total. The van der Waals surface area contributed by atoms with Gasteiger partial charge in [0.05, 0.1) is 4.92 Å². The van der Waals surface area contributed by atoms with E-state index in [1.807, 2.05) is 0 Å². The van der Waals surface area contributed by atoms with Gasteiger partial charge in [0.25, 0.3) is 5.69 Å². The molecule has 0 atom stereocenters. The SMILES string of the molecule is CN1CCN(c2ccc([N+](=O)[O-])cc2)C1=O. The predicted octanol–water partition coefficient (Wildman–Crippen LogP) is 1.47. The number of benzene rings is 1. The Labute approximate surface area is 92.2 Å². The van der Waals surface area contributed by atoms with Gasteiger partial charge in [0.2, 0.25) is 0 Å². The third-order valence-corrected chi connectivity index (χ3v) is 2.59. The Balaban J connectivity index is 2.22. The lowest BCUT2D eigenvalue weighted by molar-refractivity contribution is -0.384. The van der Waals surface area contributed by atoms with Gasteiger partial charge in [0.1, 0.15) is 0 Å². The Kier molecular flexibility index (Phi) is 2.47. The van der Waals surface area contributed by atoms with Crippen LogP contribution in [0.5, 0.6) is 0 Å². The van der Waals surface area contributed by atoms with E-state index in [2.05, 4.69) is 0 Å². The summed E-state index contributed by atoms with van der Waals surface area (Å²) < 4.78 is 0. The first-order valence-corrected chi connectivity index (χ1v) is 4.86. The van der Waals surface area contributed by atoms with Crippen molar-refractivity contribution < 1.29 is 9.72 Å². The summed E-state index contributed by atoms with van der Waals surface area (Å²) in [6, 6.07) is 5.92. The molecule has 1 aliphatic rings. The lowest BCUT2D eigenvalue weighted by Crippen LogP contribution is -2.29. The van der Waals surface area contributed by atoms with Crippen molar-refractivity contribution in [2.75, 3.05) is 25.0 Å². The second-order valence-corrected chi connectivity index (χ2v) is 3.63. The number of carbonyl (C=O) groups is 1. The van der Waals surface area contributed by atoms with Crippen LogP contribution in [0.1, 0.15) is 0 Å². The zero-order chi connectivity index (χ0) is 11.7. The fraction of sp³-hybridized carbons (Fsp3) is 0.300. The number of urea groups is 1. The minimum Gasteiger partial charge on any atom is -0.326 e. The van der Waals surface area contributed by atoms with Crippen molar-refractivity contribution in [3.8, 4) is 0 Å². The van der Waals surface area contributed by atoms with Gasteiger partial charge in [-0.2, -0.15) is 0 Å². The van der Waals surface area contributed by atoms with Gasteiger partial charge in [-0.3, -0.25) is 15.0 Å². The molecule has 0 unspecified atom stereocenters. The maximum Gasteiger partial charge on any atom is 0.324 e. The number of hydrogen-bond acceptors (Lipinski definition) is 3. The zero-order valence-corrected chi connectivity index (χ0v) is 8.79. The Bertz CT molecular complexity index is 429. The Morgan fingerprint density at radius 1 is 1.25 bits per heavy atom. The summed E-state index contributed by atoms with van der Waals surface area (Å²) in [4.78, 5) is 24.9. The van der Waals surface area contributed by atoms with Gasteiger partial charge in [0, 0.05) is 38.0 Å². The number of rotatable bonds is 2. The molecule has 1 aliphatic heterocycles. The van der Waals surface area contributed by atoms with Crippen molar-refractivity contribution >= 4 is 17.4 Å². The van der Waals surface area contributed by atoms with Crippen LogP contribution in [0.3, 0.4) is 0 Å². The normalized spacial score (nSPS) is 15.7. The molecular weight excluding hydrogens is 210 g/mol. The molecule has 6 heteroatoms. The molecule has 0 radical (unpaired) electrons. The van der Waals surface area contributed by atoms with Gasteiger partial charge in [-0.25, -0.2) is 4.79 Å². The quantitative estimate of drug-likeness (QED) is 0.561. The van der Waals surface area contributed by atoms with Crippen LogP contribution in [0, 0.1) is 10.1 Å². The topological polar surface area (TPSA) is 66.7 Å². The first-order valence-electron chi connectivity index (χ1n) is 4.86. The highest BCUT2D eigenvalue weighted by molar-refractivity contribution is 5.93. The molecule has 2 amide bonds. The number of non-ortho nitro benzene ring substituents is 1. The van der Waals surface area contributed by atoms with E-state index in [1.165, 1.54) is 12.1 Å². The summed E-state index contributed by atoms with van der Waals surface area (Å²) in [7, 11) is 1.73. The number of nitro groups is 1. The predicted molar refractivity (Wildman–Crippen MR) is 58.5 cm³/mol. The zero-order valence-electron chi connectivity index (χ0n) is 8.79. The fourth-order valence-corrected chi connectivity index (χ4v) is 1.64. The molecule has 84 valence electrons. The monoisotopic (exact) mass is 221 g/mol. The van der Waals surface area contributed by atoms with E-state index in [4.69, 9.17) is 0 Å². The van der Waals surface area contributed by atoms with Crippen molar-refractivity contribution in [1.29, 1.82) is 0 Å². The van der Waals surface area contributed by atoms with Crippen LogP contribution in [-0.2, 0) is 0 Å². The summed E-state index contributed by atoms with van der Waals surface area (Å²) in [5.41, 5.74) is 0.726. The molecule has 0 N–H and O–H groups in total. The first kappa shape index (κ1) is 10.4. The van der Waals surface area contributed by atoms with Crippen LogP contribution in [0.2, 0.25) is 0 Å². The van der Waals surface area contributed by atoms with E-state index < -0.39 is 4.92 Å². The maximum atomic E-state index is 11.6. The van der Waals surface area contributed by atoms with Crippen LogP contribution in [0.25, 0.3) is 0 Å². The summed E-state index contributed by atoms with van der Waals surface area (Å²) >= 11 is 0. The Morgan fingerprint density at radius 3 is 2.31 bits per heavy atom. The molecule has 1 aromatic rings. The van der Waals surface area contributed by atoms with E-state index in [1.54, 1.807) is 29.0 Å². The van der Waals surface area contributed by atoms with Crippen molar-refractivity contribution in [2.24, 2.45) is 0 Å². The molecule has 0 saturated carbocycles. The molecular formula is C10H11N3O3. The van der Waals surface area contributed by atoms with Crippen molar-refractivity contribution in [1.82, 2.24) is 4.90 Å². The molecule has 1 fully saturated rings. The summed E-state index contributed by atoms with van der Waals surface area (Å²) in [5, 5.41) is 10.5. The van der Waals surface area contributed by atoms with Gasteiger partial charge in [-0.1, -0.05) is 0 Å². The lowest BCUT2D eigenvalue weighted by atomic mass is 10.2. The van der Waals surface area contributed by atoms with E-state index in [0.29, 0.717) is 18.8 Å². The minimum absolute atomic E-state index is 0.0313. The van der Waals surface area contributed by atoms with Crippen molar-refractivity contribution in [3.63, 3.8) is 0 Å². The third-order valence-electron chi connectivity index (χ3n) is 2.59. The van der Waals surface area contributed by atoms with Crippen LogP contribution in [0.4, 0.5) is 16.2 Å². The largest absolute Gasteiger partial charge is 0.326 e. The minimum atomic E-state index is -0.457. The molecule has 2 rings (SSSR count). The highest BCUT2D eigenvalue weighted by Gasteiger charge is 2.26. The number of hydrogen-bond donors (Lipinski definition) is 0. The molecule has 1 saturated heterocycles. The summed E-state index contributed by atoms with van der Waals surface area (Å²) in [5.74, 6) is 0. The number of likely N-dealkylation sites (N-methyl/N-ethyl adjacent to an activating group) is 1. The standard InChI is InChI=1S/C10H11N3O3/c1-11-6-7-12(10(11)14)8-2-4-9(5-3-8)13(15)16/h2-5H,6-7H2,1H3. The van der Waals surface area contributed by atoms with Crippen molar-refractivity contribution in [3.05, 3.63) is 34.4 Å². The molecule has 1 aromatic carbocycles. The van der Waals surface area contributed by atoms with E-state index >= 15 is 0 Å². The van der Waals surface area contributed by atoms with Crippen LogP contribution in [-0.4, -0.2) is 36.0 Å². The van der Waals surface area contributed by atoms with Gasteiger partial charge >= 0.3 is 6.03 Å². The smallest absolute Gasteiger partial charge is 0.324 e. The molecule has 0 spiro atoms.